The quantitative estimate of drug-likeness (QED) is 0.180. The van der Waals surface area contributed by atoms with Crippen LogP contribution in [0, 0.1) is 0 Å². The second kappa shape index (κ2) is 11.7. The highest BCUT2D eigenvalue weighted by atomic mass is 16.3. The minimum Gasteiger partial charge on any atom is -0.455 e. The first-order valence-corrected chi connectivity index (χ1v) is 16.6. The van der Waals surface area contributed by atoms with Gasteiger partial charge in [-0.05, 0) is 76.1 Å². The van der Waals surface area contributed by atoms with E-state index in [-0.39, 0.29) is 5.41 Å². The van der Waals surface area contributed by atoms with Crippen molar-refractivity contribution in [1.29, 1.82) is 0 Å². The summed E-state index contributed by atoms with van der Waals surface area (Å²) in [7, 11) is 1.94. The maximum atomic E-state index is 6.90. The number of para-hydroxylation sites is 2. The van der Waals surface area contributed by atoms with Crippen LogP contribution in [0.25, 0.3) is 60.9 Å². The van der Waals surface area contributed by atoms with Crippen molar-refractivity contribution in [3.05, 3.63) is 181 Å². The van der Waals surface area contributed by atoms with Crippen molar-refractivity contribution in [2.24, 2.45) is 0 Å². The van der Waals surface area contributed by atoms with E-state index in [1.165, 1.54) is 39.0 Å². The number of allylic oxidation sites excluding steroid dienone is 5. The summed E-state index contributed by atoms with van der Waals surface area (Å²) < 4.78 is 6.90. The molecular formula is C46H37NO. The summed E-state index contributed by atoms with van der Waals surface area (Å²) in [5.74, 6) is 0. The van der Waals surface area contributed by atoms with Gasteiger partial charge >= 0.3 is 0 Å². The van der Waals surface area contributed by atoms with E-state index in [1.54, 1.807) is 0 Å². The van der Waals surface area contributed by atoms with Gasteiger partial charge in [0, 0.05) is 40.0 Å². The van der Waals surface area contributed by atoms with Gasteiger partial charge in [-0.1, -0.05) is 146 Å². The Labute approximate surface area is 282 Å². The lowest BCUT2D eigenvalue weighted by Gasteiger charge is -2.29. The molecule has 232 valence electrons. The van der Waals surface area contributed by atoms with Gasteiger partial charge in [0.25, 0.3) is 0 Å². The largest absolute Gasteiger partial charge is 0.455 e. The minimum absolute atomic E-state index is 0.383. The normalized spacial score (nSPS) is 15.8. The Morgan fingerprint density at radius 3 is 1.96 bits per heavy atom. The van der Waals surface area contributed by atoms with Gasteiger partial charge < -0.3 is 9.73 Å². The third kappa shape index (κ3) is 4.56. The predicted octanol–water partition coefficient (Wildman–Crippen LogP) is 12.5. The third-order valence-corrected chi connectivity index (χ3v) is 10.2. The summed E-state index contributed by atoms with van der Waals surface area (Å²) in [6.45, 7) is 8.83. The zero-order chi connectivity index (χ0) is 32.8. The molecule has 1 N–H and O–H groups in total. The zero-order valence-electron chi connectivity index (χ0n) is 27.5. The van der Waals surface area contributed by atoms with Gasteiger partial charge in [-0.2, -0.15) is 0 Å². The summed E-state index contributed by atoms with van der Waals surface area (Å²) in [6.07, 6.45) is 6.50. The average molecular weight is 620 g/mol. The van der Waals surface area contributed by atoms with Gasteiger partial charge in [0.15, 0.2) is 0 Å². The molecule has 0 saturated carbocycles. The lowest BCUT2D eigenvalue weighted by atomic mass is 9.73. The Bertz CT molecular complexity index is 2410. The van der Waals surface area contributed by atoms with E-state index in [1.807, 2.05) is 13.1 Å². The molecule has 0 radical (unpaired) electrons. The molecule has 1 atom stereocenters. The molecule has 1 aliphatic rings. The van der Waals surface area contributed by atoms with Crippen LogP contribution in [0.15, 0.2) is 168 Å². The van der Waals surface area contributed by atoms with Crippen LogP contribution in [0.5, 0.6) is 0 Å². The van der Waals surface area contributed by atoms with E-state index >= 15 is 0 Å². The Kier molecular flexibility index (Phi) is 7.22. The number of anilines is 1. The van der Waals surface area contributed by atoms with Gasteiger partial charge in [-0.15, -0.1) is 0 Å². The molecule has 1 aromatic heterocycles. The standard InChI is InChI=1S/C46H37NO/c1-5-33(27-24-30(2)31-14-7-6-8-15-31)46(3)41-22-10-9-16-40(41)43-36(18-13-23-42(43)46)37-19-12-21-39-38-20-11-17-35(44(38)48-45(37)39)32-25-28-34(47-4)29-26-32/h5-29,47H,1H2,2-4H3/b30-24+,33-27+. The molecule has 6 aromatic carbocycles. The van der Waals surface area contributed by atoms with Crippen molar-refractivity contribution in [1.82, 2.24) is 0 Å². The molecule has 1 aliphatic carbocycles. The van der Waals surface area contributed by atoms with Crippen molar-refractivity contribution in [2.45, 2.75) is 19.3 Å². The molecule has 48 heavy (non-hydrogen) atoms. The van der Waals surface area contributed by atoms with Crippen LogP contribution in [-0.2, 0) is 5.41 Å². The van der Waals surface area contributed by atoms with Gasteiger partial charge in [0.1, 0.15) is 11.2 Å². The molecule has 0 saturated heterocycles. The molecule has 0 bridgehead atoms. The number of nitrogens with one attached hydrogen (secondary N) is 1. The SMILES string of the molecule is C=C/C(=C\C=C(/C)c1ccccc1)C1(C)c2ccccc2-c2c(-c3cccc4c3oc3c(-c5ccc(NC)cc5)cccc34)cccc21. The van der Waals surface area contributed by atoms with E-state index in [9.17, 15) is 0 Å². The monoisotopic (exact) mass is 619 g/mol. The fraction of sp³-hybridized carbons (Fsp3) is 0.0870. The van der Waals surface area contributed by atoms with Crippen molar-refractivity contribution in [3.63, 3.8) is 0 Å². The van der Waals surface area contributed by atoms with Gasteiger partial charge in [-0.25, -0.2) is 0 Å². The second-order valence-corrected chi connectivity index (χ2v) is 12.7. The summed E-state index contributed by atoms with van der Waals surface area (Å²) in [5.41, 5.74) is 15.7. The molecule has 0 spiro atoms. The first kappa shape index (κ1) is 29.5. The number of fused-ring (bicyclic) bond motifs is 6. The molecule has 0 amide bonds. The number of hydrogen-bond donors (Lipinski definition) is 1. The predicted molar refractivity (Wildman–Crippen MR) is 204 cm³/mol. The van der Waals surface area contributed by atoms with Gasteiger partial charge in [-0.3, -0.25) is 0 Å². The molecule has 0 fully saturated rings. The van der Waals surface area contributed by atoms with Crippen molar-refractivity contribution in [2.75, 3.05) is 12.4 Å². The lowest BCUT2D eigenvalue weighted by molar-refractivity contribution is 0.671. The van der Waals surface area contributed by atoms with E-state index in [0.717, 1.165) is 49.9 Å². The zero-order valence-corrected chi connectivity index (χ0v) is 27.5. The van der Waals surface area contributed by atoms with Crippen molar-refractivity contribution in [3.8, 4) is 33.4 Å². The fourth-order valence-corrected chi connectivity index (χ4v) is 7.60. The van der Waals surface area contributed by atoms with Crippen LogP contribution in [0.2, 0.25) is 0 Å². The van der Waals surface area contributed by atoms with Crippen LogP contribution in [0.1, 0.15) is 30.5 Å². The van der Waals surface area contributed by atoms with Crippen LogP contribution in [0.4, 0.5) is 5.69 Å². The maximum absolute atomic E-state index is 6.90. The first-order valence-electron chi connectivity index (χ1n) is 16.6. The van der Waals surface area contributed by atoms with E-state index < -0.39 is 0 Å². The summed E-state index contributed by atoms with van der Waals surface area (Å²) in [4.78, 5) is 0. The second-order valence-electron chi connectivity index (χ2n) is 12.7. The Hall–Kier alpha value is -5.86. The Morgan fingerprint density at radius 1 is 0.625 bits per heavy atom. The van der Waals surface area contributed by atoms with E-state index in [4.69, 9.17) is 4.42 Å². The fourth-order valence-electron chi connectivity index (χ4n) is 7.60. The summed E-state index contributed by atoms with van der Waals surface area (Å²) in [5, 5.41) is 5.46. The summed E-state index contributed by atoms with van der Waals surface area (Å²) in [6, 6.07) is 47.6. The van der Waals surface area contributed by atoms with Crippen LogP contribution >= 0.6 is 0 Å². The van der Waals surface area contributed by atoms with Crippen molar-refractivity contribution >= 4 is 33.2 Å². The number of furan rings is 1. The minimum atomic E-state index is -0.383. The molecule has 0 aliphatic heterocycles. The smallest absolute Gasteiger partial charge is 0.143 e. The average Bonchev–Trinajstić information content (AvgIpc) is 3.66. The lowest BCUT2D eigenvalue weighted by Crippen LogP contribution is -2.22. The van der Waals surface area contributed by atoms with Crippen LogP contribution in [-0.4, -0.2) is 7.05 Å². The van der Waals surface area contributed by atoms with E-state index in [0.29, 0.717) is 0 Å². The van der Waals surface area contributed by atoms with Gasteiger partial charge in [0.2, 0.25) is 0 Å². The molecule has 2 heteroatoms. The van der Waals surface area contributed by atoms with Gasteiger partial charge in [0.05, 0.1) is 0 Å². The third-order valence-electron chi connectivity index (χ3n) is 10.2. The van der Waals surface area contributed by atoms with Crippen molar-refractivity contribution < 1.29 is 4.42 Å². The molecular weight excluding hydrogens is 583 g/mol. The number of benzene rings is 6. The highest BCUT2D eigenvalue weighted by molar-refractivity contribution is 6.14. The van der Waals surface area contributed by atoms with E-state index in [2.05, 4.69) is 171 Å². The number of hydrogen-bond acceptors (Lipinski definition) is 2. The highest BCUT2D eigenvalue weighted by Crippen LogP contribution is 2.56. The highest BCUT2D eigenvalue weighted by Gasteiger charge is 2.42. The maximum Gasteiger partial charge on any atom is 0.143 e. The van der Waals surface area contributed by atoms with Crippen LogP contribution in [0.3, 0.4) is 0 Å². The molecule has 7 aromatic rings. The first-order chi connectivity index (χ1) is 23.5. The van der Waals surface area contributed by atoms with Crippen LogP contribution < -0.4 is 5.32 Å². The Balaban J connectivity index is 1.32. The Morgan fingerprint density at radius 2 is 1.23 bits per heavy atom. The molecule has 8 rings (SSSR count). The summed E-state index contributed by atoms with van der Waals surface area (Å²) >= 11 is 0. The molecule has 1 unspecified atom stereocenters. The number of rotatable bonds is 7. The molecule has 1 heterocycles. The topological polar surface area (TPSA) is 25.2 Å². The molecule has 2 nitrogen and oxygen atoms in total.